The molecule has 0 aliphatic rings. The molecule has 0 fully saturated rings. The number of hydrogen-bond acceptors (Lipinski definition) is 1. The summed E-state index contributed by atoms with van der Waals surface area (Å²) >= 11 is 3.50. The van der Waals surface area contributed by atoms with Crippen LogP contribution in [-0.4, -0.2) is 9.51 Å². The molecule has 0 spiro atoms. The molecule has 3 aromatic rings. The van der Waals surface area contributed by atoms with E-state index in [0.29, 0.717) is 5.75 Å². The molecule has 74 valence electrons. The molecule has 3 heteroatoms. The molecule has 15 heavy (non-hydrogen) atoms. The van der Waals surface area contributed by atoms with Crippen molar-refractivity contribution in [3.05, 3.63) is 47.2 Å². The number of aromatic hydroxyl groups is 1. The minimum Gasteiger partial charge on any atom is -0.508 e. The summed E-state index contributed by atoms with van der Waals surface area (Å²) in [5, 5.41) is 11.5. The van der Waals surface area contributed by atoms with Crippen molar-refractivity contribution in [2.24, 2.45) is 0 Å². The van der Waals surface area contributed by atoms with Crippen LogP contribution in [0.3, 0.4) is 0 Å². The van der Waals surface area contributed by atoms with Gasteiger partial charge in [0.15, 0.2) is 0 Å². The maximum Gasteiger partial charge on any atom is 0.116 e. The number of phenolic OH excluding ortho intramolecular Hbond substituents is 1. The fourth-order valence-corrected chi connectivity index (χ4v) is 2.23. The monoisotopic (exact) mass is 261 g/mol. The molecule has 0 saturated heterocycles. The van der Waals surface area contributed by atoms with Gasteiger partial charge in [-0.1, -0.05) is 6.07 Å². The van der Waals surface area contributed by atoms with Crippen LogP contribution >= 0.6 is 15.9 Å². The topological polar surface area (TPSA) is 24.6 Å². The lowest BCUT2D eigenvalue weighted by atomic mass is 10.1. The fourth-order valence-electron chi connectivity index (χ4n) is 1.79. The quantitative estimate of drug-likeness (QED) is 0.658. The lowest BCUT2D eigenvalue weighted by Crippen LogP contribution is -1.82. The number of fused-ring (bicyclic) bond motifs is 2. The Balaban J connectivity index is 2.49. The zero-order chi connectivity index (χ0) is 10.4. The molecule has 0 unspecified atom stereocenters. The van der Waals surface area contributed by atoms with E-state index in [0.717, 1.165) is 20.8 Å². The highest BCUT2D eigenvalue weighted by Crippen LogP contribution is 2.26. The zero-order valence-electron chi connectivity index (χ0n) is 7.81. The Morgan fingerprint density at radius 2 is 1.93 bits per heavy atom. The first-order valence-corrected chi connectivity index (χ1v) is 5.42. The Morgan fingerprint density at radius 1 is 1.07 bits per heavy atom. The predicted octanol–water partition coefficient (Wildman–Crippen LogP) is 3.56. The summed E-state index contributed by atoms with van der Waals surface area (Å²) in [5.74, 6) is 0.299. The van der Waals surface area contributed by atoms with Crippen molar-refractivity contribution in [1.29, 1.82) is 0 Å². The third-order valence-corrected chi connectivity index (χ3v) is 3.22. The molecule has 2 heterocycles. The van der Waals surface area contributed by atoms with E-state index in [1.165, 1.54) is 0 Å². The second-order valence-corrected chi connectivity index (χ2v) is 4.40. The van der Waals surface area contributed by atoms with Gasteiger partial charge in [0.2, 0.25) is 0 Å². The largest absolute Gasteiger partial charge is 0.508 e. The van der Waals surface area contributed by atoms with E-state index in [2.05, 4.69) is 22.0 Å². The van der Waals surface area contributed by atoms with Crippen LogP contribution in [0.5, 0.6) is 5.75 Å². The zero-order valence-corrected chi connectivity index (χ0v) is 9.40. The lowest BCUT2D eigenvalue weighted by Gasteiger charge is -2.01. The first kappa shape index (κ1) is 8.80. The van der Waals surface area contributed by atoms with Gasteiger partial charge in [0.1, 0.15) is 5.75 Å². The summed E-state index contributed by atoms with van der Waals surface area (Å²) in [4.78, 5) is 0. The first-order chi connectivity index (χ1) is 7.24. The summed E-state index contributed by atoms with van der Waals surface area (Å²) in [7, 11) is 0. The highest BCUT2D eigenvalue weighted by atomic mass is 79.9. The molecule has 1 aromatic carbocycles. The Labute approximate surface area is 94.9 Å². The minimum atomic E-state index is 0.299. The number of aromatic nitrogens is 1. The molecule has 0 bridgehead atoms. The number of hydrogen-bond donors (Lipinski definition) is 1. The summed E-state index contributed by atoms with van der Waals surface area (Å²) < 4.78 is 3.11. The highest BCUT2D eigenvalue weighted by Gasteiger charge is 2.02. The van der Waals surface area contributed by atoms with Crippen molar-refractivity contribution in [3.8, 4) is 5.75 Å². The third kappa shape index (κ3) is 1.31. The predicted molar refractivity (Wildman–Crippen MR) is 64.3 cm³/mol. The van der Waals surface area contributed by atoms with Crippen LogP contribution in [0.2, 0.25) is 0 Å². The Hall–Kier alpha value is -1.48. The van der Waals surface area contributed by atoms with Crippen molar-refractivity contribution in [2.45, 2.75) is 0 Å². The molecule has 0 aliphatic heterocycles. The highest BCUT2D eigenvalue weighted by molar-refractivity contribution is 9.10. The van der Waals surface area contributed by atoms with Gasteiger partial charge in [-0.15, -0.1) is 0 Å². The number of rotatable bonds is 0. The van der Waals surface area contributed by atoms with Gasteiger partial charge in [-0.25, -0.2) is 0 Å². The van der Waals surface area contributed by atoms with Crippen molar-refractivity contribution in [1.82, 2.24) is 4.40 Å². The van der Waals surface area contributed by atoms with Crippen molar-refractivity contribution in [2.75, 3.05) is 0 Å². The van der Waals surface area contributed by atoms with E-state index >= 15 is 0 Å². The van der Waals surface area contributed by atoms with Gasteiger partial charge in [-0.3, -0.25) is 0 Å². The van der Waals surface area contributed by atoms with Gasteiger partial charge in [0, 0.05) is 22.3 Å². The number of benzene rings is 1. The maximum atomic E-state index is 9.39. The van der Waals surface area contributed by atoms with E-state index in [1.807, 2.05) is 28.9 Å². The number of phenols is 1. The molecule has 3 rings (SSSR count). The van der Waals surface area contributed by atoms with Gasteiger partial charge in [0.05, 0.1) is 5.52 Å². The van der Waals surface area contributed by atoms with Crippen LogP contribution in [0.15, 0.2) is 47.2 Å². The van der Waals surface area contributed by atoms with Crippen LogP contribution < -0.4 is 0 Å². The first-order valence-electron chi connectivity index (χ1n) is 4.63. The summed E-state index contributed by atoms with van der Waals surface area (Å²) in [6.45, 7) is 0. The van der Waals surface area contributed by atoms with Gasteiger partial charge in [-0.2, -0.15) is 0 Å². The summed E-state index contributed by atoms with van der Waals surface area (Å²) in [5.41, 5.74) is 1.13. The number of nitrogens with zero attached hydrogens (tertiary/aromatic N) is 1. The molecule has 1 N–H and O–H groups in total. The van der Waals surface area contributed by atoms with E-state index in [1.54, 1.807) is 12.1 Å². The Bertz CT molecular complexity index is 657. The van der Waals surface area contributed by atoms with Crippen LogP contribution in [0.25, 0.3) is 16.3 Å². The molecule has 0 aliphatic carbocycles. The Kier molecular flexibility index (Phi) is 1.76. The molecule has 2 nitrogen and oxygen atoms in total. The third-order valence-electron chi connectivity index (χ3n) is 2.55. The van der Waals surface area contributed by atoms with Gasteiger partial charge < -0.3 is 9.51 Å². The number of pyridine rings is 1. The molecular formula is C12H8BrNO. The minimum absolute atomic E-state index is 0.299. The standard InChI is InChI=1S/C12H8BrNO/c13-11-3-4-14-7-9-5-10(15)2-1-8(9)6-12(11)14/h1-7,15H. The van der Waals surface area contributed by atoms with Crippen LogP contribution in [-0.2, 0) is 0 Å². The van der Waals surface area contributed by atoms with Crippen molar-refractivity contribution >= 4 is 32.2 Å². The van der Waals surface area contributed by atoms with Crippen LogP contribution in [0.1, 0.15) is 0 Å². The summed E-state index contributed by atoms with van der Waals surface area (Å²) in [6, 6.07) is 9.50. The average molecular weight is 262 g/mol. The van der Waals surface area contributed by atoms with E-state index in [4.69, 9.17) is 0 Å². The average Bonchev–Trinajstić information content (AvgIpc) is 2.57. The van der Waals surface area contributed by atoms with Gasteiger partial charge in [0.25, 0.3) is 0 Å². The molecule has 0 atom stereocenters. The van der Waals surface area contributed by atoms with Crippen LogP contribution in [0, 0.1) is 0 Å². The lowest BCUT2D eigenvalue weighted by molar-refractivity contribution is 0.476. The second kappa shape index (κ2) is 3.00. The normalized spacial score (nSPS) is 11.3. The van der Waals surface area contributed by atoms with E-state index < -0.39 is 0 Å². The van der Waals surface area contributed by atoms with Gasteiger partial charge in [-0.05, 0) is 45.6 Å². The number of halogens is 1. The second-order valence-electron chi connectivity index (χ2n) is 3.54. The smallest absolute Gasteiger partial charge is 0.116 e. The van der Waals surface area contributed by atoms with E-state index in [9.17, 15) is 5.11 Å². The SMILES string of the molecule is Oc1ccc2cc3c(Br)ccn3cc2c1. The summed E-state index contributed by atoms with van der Waals surface area (Å²) in [6.07, 6.45) is 4.00. The fraction of sp³-hybridized carbons (Fsp3) is 0. The molecule has 2 aromatic heterocycles. The van der Waals surface area contributed by atoms with Crippen molar-refractivity contribution in [3.63, 3.8) is 0 Å². The van der Waals surface area contributed by atoms with Crippen LogP contribution in [0.4, 0.5) is 0 Å². The molecule has 0 amide bonds. The maximum absolute atomic E-state index is 9.39. The van der Waals surface area contributed by atoms with E-state index in [-0.39, 0.29) is 0 Å². The molecular weight excluding hydrogens is 254 g/mol. The molecule has 0 radical (unpaired) electrons. The van der Waals surface area contributed by atoms with Crippen molar-refractivity contribution < 1.29 is 5.11 Å². The van der Waals surface area contributed by atoms with Gasteiger partial charge >= 0.3 is 0 Å². The molecule has 0 saturated carbocycles. The Morgan fingerprint density at radius 3 is 2.80 bits per heavy atom.